The molecule has 1 aromatic carbocycles. The predicted octanol–water partition coefficient (Wildman–Crippen LogP) is 3.90. The first-order chi connectivity index (χ1) is 12.7. The van der Waals surface area contributed by atoms with E-state index in [9.17, 15) is 0 Å². The number of rotatable bonds is 6. The van der Waals surface area contributed by atoms with Crippen LogP contribution in [0.15, 0.2) is 30.6 Å². The van der Waals surface area contributed by atoms with Crippen LogP contribution in [0.1, 0.15) is 28.5 Å². The van der Waals surface area contributed by atoms with Gasteiger partial charge in [-0.25, -0.2) is 9.97 Å². The second kappa shape index (κ2) is 7.21. The standard InChI is InChI=1S/C20H24N4OS/c1-24(2)16(13-7-9-14(25-3)10-8-13)11-21-19-18-15-5-4-6-17(15)26-20(18)23-12-22-19/h7-10,12,16H,4-6,11H2,1-3H3,(H,21,22,23)/t16-/m0/s1. The molecule has 1 atom stereocenters. The molecule has 0 amide bonds. The van der Waals surface area contributed by atoms with Crippen molar-refractivity contribution >= 4 is 27.4 Å². The summed E-state index contributed by atoms with van der Waals surface area (Å²) in [7, 11) is 5.91. The van der Waals surface area contributed by atoms with Gasteiger partial charge in [0.05, 0.1) is 18.5 Å². The number of nitrogens with one attached hydrogen (secondary N) is 1. The lowest BCUT2D eigenvalue weighted by Crippen LogP contribution is -2.27. The third-order valence-corrected chi connectivity index (χ3v) is 6.29. The number of aromatic nitrogens is 2. The molecule has 5 nitrogen and oxygen atoms in total. The Bertz CT molecular complexity index is 904. The highest BCUT2D eigenvalue weighted by molar-refractivity contribution is 7.19. The number of aryl methyl sites for hydroxylation is 2. The molecule has 4 rings (SSSR count). The molecule has 1 aliphatic rings. The largest absolute Gasteiger partial charge is 0.497 e. The van der Waals surface area contributed by atoms with Crippen molar-refractivity contribution < 1.29 is 4.74 Å². The van der Waals surface area contributed by atoms with Crippen molar-refractivity contribution in [3.8, 4) is 5.75 Å². The van der Waals surface area contributed by atoms with Crippen molar-refractivity contribution in [2.75, 3.05) is 33.1 Å². The Kier molecular flexibility index (Phi) is 4.78. The van der Waals surface area contributed by atoms with Gasteiger partial charge in [0.15, 0.2) is 0 Å². The molecule has 0 unspecified atom stereocenters. The molecule has 2 aromatic heterocycles. The molecule has 3 aromatic rings. The molecular weight excluding hydrogens is 344 g/mol. The van der Waals surface area contributed by atoms with Crippen molar-refractivity contribution in [1.82, 2.24) is 14.9 Å². The zero-order chi connectivity index (χ0) is 18.1. The van der Waals surface area contributed by atoms with Crippen LogP contribution in [-0.2, 0) is 12.8 Å². The summed E-state index contributed by atoms with van der Waals surface area (Å²) >= 11 is 1.83. The highest BCUT2D eigenvalue weighted by Gasteiger charge is 2.22. The molecule has 0 aliphatic heterocycles. The molecule has 1 N–H and O–H groups in total. The molecule has 0 fully saturated rings. The Balaban J connectivity index is 1.59. The van der Waals surface area contributed by atoms with Gasteiger partial charge in [-0.2, -0.15) is 0 Å². The van der Waals surface area contributed by atoms with E-state index in [0.717, 1.165) is 29.4 Å². The van der Waals surface area contributed by atoms with Gasteiger partial charge in [0.2, 0.25) is 0 Å². The summed E-state index contributed by atoms with van der Waals surface area (Å²) in [5.74, 6) is 1.85. The lowest BCUT2D eigenvalue weighted by atomic mass is 10.1. The maximum Gasteiger partial charge on any atom is 0.138 e. The van der Waals surface area contributed by atoms with Gasteiger partial charge < -0.3 is 15.0 Å². The minimum atomic E-state index is 0.248. The maximum atomic E-state index is 5.28. The van der Waals surface area contributed by atoms with Gasteiger partial charge in [0.25, 0.3) is 0 Å². The SMILES string of the molecule is COc1ccc([C@H](CNc2ncnc3sc4c(c23)CCC4)N(C)C)cc1. The number of hydrogen-bond donors (Lipinski definition) is 1. The molecule has 26 heavy (non-hydrogen) atoms. The van der Waals surface area contributed by atoms with Crippen LogP contribution >= 0.6 is 11.3 Å². The number of nitrogens with zero attached hydrogens (tertiary/aromatic N) is 3. The van der Waals surface area contributed by atoms with Crippen LogP contribution in [0.5, 0.6) is 5.75 Å². The molecule has 2 heterocycles. The summed E-state index contributed by atoms with van der Waals surface area (Å²) < 4.78 is 5.28. The third kappa shape index (κ3) is 3.15. The van der Waals surface area contributed by atoms with Gasteiger partial charge in [-0.1, -0.05) is 12.1 Å². The molecule has 6 heteroatoms. The molecule has 0 bridgehead atoms. The first-order valence-electron chi connectivity index (χ1n) is 8.97. The van der Waals surface area contributed by atoms with Gasteiger partial charge in [-0.15, -0.1) is 11.3 Å². The fourth-order valence-corrected chi connectivity index (χ4v) is 4.91. The number of likely N-dealkylation sites (N-methyl/N-ethyl adjacent to an activating group) is 1. The van der Waals surface area contributed by atoms with E-state index in [1.54, 1.807) is 13.4 Å². The highest BCUT2D eigenvalue weighted by atomic mass is 32.1. The van der Waals surface area contributed by atoms with Crippen molar-refractivity contribution in [3.05, 3.63) is 46.6 Å². The zero-order valence-electron chi connectivity index (χ0n) is 15.5. The van der Waals surface area contributed by atoms with E-state index in [0.29, 0.717) is 0 Å². The van der Waals surface area contributed by atoms with Crippen LogP contribution < -0.4 is 10.1 Å². The highest BCUT2D eigenvalue weighted by Crippen LogP contribution is 2.39. The maximum absolute atomic E-state index is 5.28. The molecule has 0 saturated heterocycles. The van der Waals surface area contributed by atoms with E-state index in [2.05, 4.69) is 46.4 Å². The Labute approximate surface area is 158 Å². The molecular formula is C20H24N4OS. The number of methoxy groups -OCH3 is 1. The topological polar surface area (TPSA) is 50.3 Å². The first-order valence-corrected chi connectivity index (χ1v) is 9.78. The van der Waals surface area contributed by atoms with Gasteiger partial charge in [-0.3, -0.25) is 0 Å². The van der Waals surface area contributed by atoms with Gasteiger partial charge >= 0.3 is 0 Å². The normalized spacial score (nSPS) is 14.6. The average Bonchev–Trinajstić information content (AvgIpc) is 3.23. The monoisotopic (exact) mass is 368 g/mol. The fraction of sp³-hybridized carbons (Fsp3) is 0.400. The second-order valence-corrected chi connectivity index (χ2v) is 7.98. The fourth-order valence-electron chi connectivity index (χ4n) is 3.68. The summed E-state index contributed by atoms with van der Waals surface area (Å²) in [6.07, 6.45) is 5.25. The average molecular weight is 369 g/mol. The first kappa shape index (κ1) is 17.2. The molecule has 0 spiro atoms. The molecule has 0 radical (unpaired) electrons. The summed E-state index contributed by atoms with van der Waals surface area (Å²) in [5, 5.41) is 4.83. The number of thiophene rings is 1. The van der Waals surface area contributed by atoms with Gasteiger partial charge in [0.1, 0.15) is 22.7 Å². The zero-order valence-corrected chi connectivity index (χ0v) is 16.3. The lowest BCUT2D eigenvalue weighted by Gasteiger charge is -2.25. The van der Waals surface area contributed by atoms with Crippen LogP contribution in [0, 0.1) is 0 Å². The van der Waals surface area contributed by atoms with E-state index in [1.807, 2.05) is 23.5 Å². The minimum Gasteiger partial charge on any atom is -0.497 e. The number of anilines is 1. The lowest BCUT2D eigenvalue weighted by molar-refractivity contribution is 0.311. The summed E-state index contributed by atoms with van der Waals surface area (Å²) in [6, 6.07) is 8.53. The Morgan fingerprint density at radius 3 is 2.73 bits per heavy atom. The Morgan fingerprint density at radius 2 is 2.00 bits per heavy atom. The minimum absolute atomic E-state index is 0.248. The molecule has 136 valence electrons. The van der Waals surface area contributed by atoms with Crippen molar-refractivity contribution in [1.29, 1.82) is 0 Å². The quantitative estimate of drug-likeness (QED) is 0.715. The summed E-state index contributed by atoms with van der Waals surface area (Å²) in [6.45, 7) is 0.788. The number of ether oxygens (including phenoxy) is 1. The third-order valence-electron chi connectivity index (χ3n) is 5.09. The predicted molar refractivity (Wildman–Crippen MR) is 107 cm³/mol. The van der Waals surface area contributed by atoms with Gasteiger partial charge in [0, 0.05) is 11.4 Å². The van der Waals surface area contributed by atoms with E-state index in [-0.39, 0.29) is 6.04 Å². The summed E-state index contributed by atoms with van der Waals surface area (Å²) in [5.41, 5.74) is 2.71. The van der Waals surface area contributed by atoms with Crippen LogP contribution in [0.4, 0.5) is 5.82 Å². The number of fused-ring (bicyclic) bond motifs is 3. The van der Waals surface area contributed by atoms with Crippen molar-refractivity contribution in [2.45, 2.75) is 25.3 Å². The van der Waals surface area contributed by atoms with E-state index in [1.165, 1.54) is 34.2 Å². The molecule has 0 saturated carbocycles. The van der Waals surface area contributed by atoms with E-state index < -0.39 is 0 Å². The van der Waals surface area contributed by atoms with Gasteiger partial charge in [-0.05, 0) is 56.6 Å². The Morgan fingerprint density at radius 1 is 1.19 bits per heavy atom. The van der Waals surface area contributed by atoms with E-state index >= 15 is 0 Å². The second-order valence-electron chi connectivity index (χ2n) is 6.89. The number of benzene rings is 1. The number of hydrogen-bond acceptors (Lipinski definition) is 6. The molecule has 1 aliphatic carbocycles. The van der Waals surface area contributed by atoms with E-state index in [4.69, 9.17) is 4.74 Å². The van der Waals surface area contributed by atoms with Crippen LogP contribution in [-0.4, -0.2) is 42.6 Å². The summed E-state index contributed by atoms with van der Waals surface area (Å²) in [4.78, 5) is 13.9. The van der Waals surface area contributed by atoms with Crippen LogP contribution in [0.25, 0.3) is 10.2 Å². The van der Waals surface area contributed by atoms with Crippen molar-refractivity contribution in [3.63, 3.8) is 0 Å². The smallest absolute Gasteiger partial charge is 0.138 e. The van der Waals surface area contributed by atoms with Crippen LogP contribution in [0.2, 0.25) is 0 Å². The Hall–Kier alpha value is -2.18. The van der Waals surface area contributed by atoms with Crippen molar-refractivity contribution in [2.24, 2.45) is 0 Å². The van der Waals surface area contributed by atoms with Crippen LogP contribution in [0.3, 0.4) is 0 Å².